The Morgan fingerprint density at radius 2 is 1.74 bits per heavy atom. The molecule has 6 heteroatoms. The summed E-state index contributed by atoms with van der Waals surface area (Å²) < 4.78 is 43.5. The van der Waals surface area contributed by atoms with Gasteiger partial charge in [0.05, 0.1) is 11.6 Å². The third kappa shape index (κ3) is 3.61. The molecule has 1 rings (SSSR count). The lowest BCUT2D eigenvalue weighted by molar-refractivity contribution is -0.199. The molecule has 0 heterocycles. The second-order valence-electron chi connectivity index (χ2n) is 4.49. The summed E-state index contributed by atoms with van der Waals surface area (Å²) in [6.07, 6.45) is -6.61. The summed E-state index contributed by atoms with van der Waals surface area (Å²) in [7, 11) is 0. The van der Waals surface area contributed by atoms with E-state index in [9.17, 15) is 13.2 Å². The molecule has 2 unspecified atom stereocenters. The minimum absolute atomic E-state index is 0.124. The summed E-state index contributed by atoms with van der Waals surface area (Å²) in [6.45, 7) is 4.43. The van der Waals surface area contributed by atoms with Crippen LogP contribution in [0.5, 0.6) is 5.75 Å². The van der Waals surface area contributed by atoms with Crippen LogP contribution >= 0.6 is 0 Å². The number of nitriles is 1. The van der Waals surface area contributed by atoms with Crippen molar-refractivity contribution in [2.75, 3.05) is 0 Å². The van der Waals surface area contributed by atoms with Crippen LogP contribution in [0.2, 0.25) is 0 Å². The van der Waals surface area contributed by atoms with E-state index >= 15 is 0 Å². The number of hydrogen-bond acceptors (Lipinski definition) is 3. The van der Waals surface area contributed by atoms with Crippen molar-refractivity contribution in [1.29, 1.82) is 5.26 Å². The molecule has 19 heavy (non-hydrogen) atoms. The van der Waals surface area contributed by atoms with Crippen molar-refractivity contribution < 1.29 is 17.9 Å². The molecule has 2 atom stereocenters. The van der Waals surface area contributed by atoms with E-state index in [0.717, 1.165) is 0 Å². The Labute approximate surface area is 109 Å². The quantitative estimate of drug-likeness (QED) is 0.920. The van der Waals surface area contributed by atoms with Gasteiger partial charge in [-0.05, 0) is 44.0 Å². The summed E-state index contributed by atoms with van der Waals surface area (Å²) in [6, 6.07) is 3.72. The highest BCUT2D eigenvalue weighted by Gasteiger charge is 2.44. The molecule has 0 aliphatic heterocycles. The standard InChI is InChI=1S/C13H15F3N2O/c1-7-4-10(6-17)5-8(2)11(7)19-12(9(3)18)13(14,15)16/h4-5,9,12H,18H2,1-3H3. The molecule has 3 nitrogen and oxygen atoms in total. The fraction of sp³-hybridized carbons (Fsp3) is 0.462. The summed E-state index contributed by atoms with van der Waals surface area (Å²) in [4.78, 5) is 0. The lowest BCUT2D eigenvalue weighted by atomic mass is 10.1. The summed E-state index contributed by atoms with van der Waals surface area (Å²) >= 11 is 0. The van der Waals surface area contributed by atoms with E-state index in [-0.39, 0.29) is 5.75 Å². The predicted molar refractivity (Wildman–Crippen MR) is 64.8 cm³/mol. The predicted octanol–water partition coefficient (Wildman–Crippen LogP) is 2.83. The molecule has 0 spiro atoms. The first-order valence-electron chi connectivity index (χ1n) is 5.67. The molecule has 1 aromatic carbocycles. The molecular formula is C13H15F3N2O. The molecule has 2 N–H and O–H groups in total. The number of ether oxygens (including phenoxy) is 1. The van der Waals surface area contributed by atoms with Crippen molar-refractivity contribution >= 4 is 0 Å². The van der Waals surface area contributed by atoms with Crippen LogP contribution in [-0.2, 0) is 0 Å². The lowest BCUT2D eigenvalue weighted by Gasteiger charge is -2.26. The van der Waals surface area contributed by atoms with Gasteiger partial charge >= 0.3 is 6.18 Å². The molecule has 0 radical (unpaired) electrons. The SMILES string of the molecule is Cc1cc(C#N)cc(C)c1OC(C(C)N)C(F)(F)F. The van der Waals surface area contributed by atoms with Gasteiger partial charge < -0.3 is 10.5 Å². The number of nitrogens with two attached hydrogens (primary N) is 1. The van der Waals surface area contributed by atoms with E-state index in [0.29, 0.717) is 16.7 Å². The molecule has 0 saturated heterocycles. The van der Waals surface area contributed by atoms with Crippen LogP contribution in [-0.4, -0.2) is 18.3 Å². The lowest BCUT2D eigenvalue weighted by Crippen LogP contribution is -2.47. The maximum absolute atomic E-state index is 12.8. The molecule has 0 aliphatic carbocycles. The maximum atomic E-state index is 12.8. The van der Waals surface area contributed by atoms with E-state index in [2.05, 4.69) is 0 Å². The van der Waals surface area contributed by atoms with Gasteiger partial charge in [0.1, 0.15) is 5.75 Å². The van der Waals surface area contributed by atoms with E-state index in [1.165, 1.54) is 19.1 Å². The monoisotopic (exact) mass is 272 g/mol. The molecule has 0 amide bonds. The highest BCUT2D eigenvalue weighted by atomic mass is 19.4. The molecule has 1 aromatic rings. The molecular weight excluding hydrogens is 257 g/mol. The van der Waals surface area contributed by atoms with Gasteiger partial charge in [0.2, 0.25) is 6.10 Å². The van der Waals surface area contributed by atoms with Gasteiger partial charge in [0.15, 0.2) is 0 Å². The highest BCUT2D eigenvalue weighted by Crippen LogP contribution is 2.31. The number of aryl methyl sites for hydroxylation is 2. The van der Waals surface area contributed by atoms with Gasteiger partial charge in [0.25, 0.3) is 0 Å². The Morgan fingerprint density at radius 3 is 2.05 bits per heavy atom. The first-order chi connectivity index (χ1) is 8.66. The largest absolute Gasteiger partial charge is 0.479 e. The van der Waals surface area contributed by atoms with Crippen LogP contribution < -0.4 is 10.5 Å². The molecule has 0 aromatic heterocycles. The van der Waals surface area contributed by atoms with Crippen molar-refractivity contribution in [1.82, 2.24) is 0 Å². The van der Waals surface area contributed by atoms with Crippen LogP contribution in [0, 0.1) is 25.2 Å². The van der Waals surface area contributed by atoms with Crippen LogP contribution in [0.15, 0.2) is 12.1 Å². The minimum atomic E-state index is -4.54. The summed E-state index contributed by atoms with van der Waals surface area (Å²) in [5.74, 6) is 0.124. The molecule has 0 bridgehead atoms. The maximum Gasteiger partial charge on any atom is 0.426 e. The van der Waals surface area contributed by atoms with Gasteiger partial charge in [-0.2, -0.15) is 18.4 Å². The Bertz CT molecular complexity index is 481. The number of benzene rings is 1. The zero-order valence-electron chi connectivity index (χ0n) is 10.9. The van der Waals surface area contributed by atoms with Gasteiger partial charge in [-0.3, -0.25) is 0 Å². The highest BCUT2D eigenvalue weighted by molar-refractivity contribution is 5.47. The minimum Gasteiger partial charge on any atom is -0.479 e. The average molecular weight is 272 g/mol. The molecule has 104 valence electrons. The second kappa shape index (κ2) is 5.49. The molecule has 0 saturated carbocycles. The van der Waals surface area contributed by atoms with E-state index in [4.69, 9.17) is 15.7 Å². The number of rotatable bonds is 3. The number of nitrogens with zero attached hydrogens (tertiary/aromatic N) is 1. The van der Waals surface area contributed by atoms with Crippen LogP contribution in [0.3, 0.4) is 0 Å². The Balaban J connectivity index is 3.15. The van der Waals surface area contributed by atoms with E-state index in [1.54, 1.807) is 13.8 Å². The number of alkyl halides is 3. The van der Waals surface area contributed by atoms with Gasteiger partial charge in [-0.15, -0.1) is 0 Å². The smallest absolute Gasteiger partial charge is 0.426 e. The first-order valence-corrected chi connectivity index (χ1v) is 5.67. The Hall–Kier alpha value is -1.74. The third-order valence-corrected chi connectivity index (χ3v) is 2.63. The van der Waals surface area contributed by atoms with E-state index in [1.807, 2.05) is 6.07 Å². The van der Waals surface area contributed by atoms with Crippen molar-refractivity contribution in [3.8, 4) is 11.8 Å². The van der Waals surface area contributed by atoms with Crippen molar-refractivity contribution in [3.05, 3.63) is 28.8 Å². The Kier molecular flexibility index (Phi) is 4.43. The van der Waals surface area contributed by atoms with Gasteiger partial charge in [-0.1, -0.05) is 0 Å². The van der Waals surface area contributed by atoms with E-state index < -0.39 is 18.3 Å². The molecule has 0 aliphatic rings. The fourth-order valence-corrected chi connectivity index (χ4v) is 1.80. The fourth-order valence-electron chi connectivity index (χ4n) is 1.80. The van der Waals surface area contributed by atoms with Crippen LogP contribution in [0.4, 0.5) is 13.2 Å². The zero-order valence-corrected chi connectivity index (χ0v) is 10.9. The number of hydrogen-bond donors (Lipinski definition) is 1. The van der Waals surface area contributed by atoms with Gasteiger partial charge in [0, 0.05) is 6.04 Å². The zero-order chi connectivity index (χ0) is 14.8. The second-order valence-corrected chi connectivity index (χ2v) is 4.49. The number of halogens is 3. The van der Waals surface area contributed by atoms with Crippen LogP contribution in [0.1, 0.15) is 23.6 Å². The summed E-state index contributed by atoms with van der Waals surface area (Å²) in [5.41, 5.74) is 6.67. The topological polar surface area (TPSA) is 59.0 Å². The van der Waals surface area contributed by atoms with Crippen molar-refractivity contribution in [2.45, 2.75) is 39.1 Å². The Morgan fingerprint density at radius 1 is 1.26 bits per heavy atom. The molecule has 0 fully saturated rings. The first kappa shape index (κ1) is 15.3. The third-order valence-electron chi connectivity index (χ3n) is 2.63. The summed E-state index contributed by atoms with van der Waals surface area (Å²) in [5, 5.41) is 8.79. The normalized spacial score (nSPS) is 14.6. The van der Waals surface area contributed by atoms with Crippen molar-refractivity contribution in [2.24, 2.45) is 5.73 Å². The van der Waals surface area contributed by atoms with Crippen LogP contribution in [0.25, 0.3) is 0 Å². The van der Waals surface area contributed by atoms with Crippen molar-refractivity contribution in [3.63, 3.8) is 0 Å². The van der Waals surface area contributed by atoms with Gasteiger partial charge in [-0.25, -0.2) is 0 Å². The average Bonchev–Trinajstić information content (AvgIpc) is 2.25.